The van der Waals surface area contributed by atoms with Gasteiger partial charge >= 0.3 is 6.72 Å². The lowest BCUT2D eigenvalue weighted by Crippen LogP contribution is -2.02. The first-order chi connectivity index (χ1) is 12.5. The van der Waals surface area contributed by atoms with E-state index in [2.05, 4.69) is 6.92 Å². The molecule has 0 fully saturated rings. The highest BCUT2D eigenvalue weighted by Crippen LogP contribution is 2.47. The molecule has 0 aliphatic heterocycles. The van der Waals surface area contributed by atoms with Crippen molar-refractivity contribution < 1.29 is 23.5 Å². The van der Waals surface area contributed by atoms with Gasteiger partial charge in [-0.3, -0.25) is 4.79 Å². The van der Waals surface area contributed by atoms with E-state index in [0.29, 0.717) is 36.5 Å². The number of Topliss-reactive ketones (excluding diaryl/α,β-unsaturated/α-hetero) is 1. The van der Waals surface area contributed by atoms with Crippen LogP contribution in [0.25, 0.3) is 0 Å². The number of rotatable bonds is 8. The zero-order valence-corrected chi connectivity index (χ0v) is 16.2. The number of carbonyl (C=O) groups is 1. The van der Waals surface area contributed by atoms with Crippen molar-refractivity contribution in [1.82, 2.24) is 0 Å². The molecule has 1 atom stereocenters. The van der Waals surface area contributed by atoms with Gasteiger partial charge in [-0.25, -0.2) is 0 Å². The summed E-state index contributed by atoms with van der Waals surface area (Å²) in [7, 11) is 0. The minimum absolute atomic E-state index is 0.0799. The maximum absolute atomic E-state index is 11.8. The average Bonchev–Trinajstić information content (AvgIpc) is 2.99. The van der Waals surface area contributed by atoms with Gasteiger partial charge in [-0.1, -0.05) is 25.5 Å². The molecule has 1 unspecified atom stereocenters. The second-order valence-electron chi connectivity index (χ2n) is 6.03. The molecule has 0 aromatic heterocycles. The van der Waals surface area contributed by atoms with Gasteiger partial charge in [-0.15, -0.1) is 0 Å². The molecular formula is C19H21O5PS. The third-order valence-corrected chi connectivity index (χ3v) is 5.38. The molecule has 0 saturated heterocycles. The monoisotopic (exact) mass is 392 g/mol. The molecule has 0 spiro atoms. The maximum atomic E-state index is 11.8. The van der Waals surface area contributed by atoms with Crippen LogP contribution in [-0.4, -0.2) is 17.3 Å². The molecule has 1 N–H and O–H groups in total. The van der Waals surface area contributed by atoms with Crippen LogP contribution in [0.1, 0.15) is 42.1 Å². The number of hydrogen-bond acceptors (Lipinski definition) is 5. The number of ether oxygens (including phenoxy) is 1. The van der Waals surface area contributed by atoms with Crippen LogP contribution in [0, 0.1) is 0 Å². The summed E-state index contributed by atoms with van der Waals surface area (Å²) in [6.07, 6.45) is 3.10. The quantitative estimate of drug-likeness (QED) is 0.520. The Bertz CT molecular complexity index is 834. The smallest absolute Gasteiger partial charge is 0.432 e. The van der Waals surface area contributed by atoms with Gasteiger partial charge in [0.2, 0.25) is 0 Å². The lowest BCUT2D eigenvalue weighted by molar-refractivity contribution is 0.0994. The Morgan fingerprint density at radius 1 is 1.08 bits per heavy atom. The van der Waals surface area contributed by atoms with Crippen LogP contribution in [0.5, 0.6) is 17.2 Å². The molecule has 0 saturated carbocycles. The van der Waals surface area contributed by atoms with Gasteiger partial charge in [0.1, 0.15) is 17.2 Å². The van der Waals surface area contributed by atoms with E-state index in [9.17, 15) is 9.69 Å². The van der Waals surface area contributed by atoms with Crippen LogP contribution in [0.15, 0.2) is 42.5 Å². The molecule has 5 nitrogen and oxygen atoms in total. The van der Waals surface area contributed by atoms with Crippen LogP contribution in [-0.2, 0) is 18.2 Å². The molecule has 138 valence electrons. The van der Waals surface area contributed by atoms with Gasteiger partial charge in [0.15, 0.2) is 5.78 Å². The standard InChI is InChI=1S/C19H21O5PS/c1-2-3-13-22-14-7-9-15(10-8-14)23-25(21,26)24-19-6-4-5-16-17(19)11-12-18(16)20/h4-10H,2-3,11-13H2,1H3,(H,21,26). The fourth-order valence-corrected chi connectivity index (χ4v) is 4.09. The highest BCUT2D eigenvalue weighted by atomic mass is 32.5. The van der Waals surface area contributed by atoms with Crippen molar-refractivity contribution in [2.75, 3.05) is 6.61 Å². The topological polar surface area (TPSA) is 65.0 Å². The van der Waals surface area contributed by atoms with E-state index < -0.39 is 6.72 Å². The number of unbranched alkanes of at least 4 members (excludes halogenated alkanes) is 1. The third kappa shape index (κ3) is 4.64. The zero-order valence-electron chi connectivity index (χ0n) is 14.5. The minimum atomic E-state index is -3.55. The number of ketones is 1. The number of hydrogen-bond donors (Lipinski definition) is 1. The number of benzene rings is 2. The van der Waals surface area contributed by atoms with Gasteiger partial charge in [-0.2, -0.15) is 0 Å². The van der Waals surface area contributed by atoms with E-state index in [1.54, 1.807) is 42.5 Å². The van der Waals surface area contributed by atoms with Crippen molar-refractivity contribution >= 4 is 24.3 Å². The minimum Gasteiger partial charge on any atom is -0.494 e. The summed E-state index contributed by atoms with van der Waals surface area (Å²) in [6, 6.07) is 12.1. The second-order valence-corrected chi connectivity index (χ2v) is 8.72. The second kappa shape index (κ2) is 8.21. The number of fused-ring (bicyclic) bond motifs is 1. The first-order valence-electron chi connectivity index (χ1n) is 8.58. The molecule has 0 amide bonds. The molecule has 2 aromatic rings. The van der Waals surface area contributed by atoms with Gasteiger partial charge in [-0.05, 0) is 43.2 Å². The summed E-state index contributed by atoms with van der Waals surface area (Å²) in [5.41, 5.74) is 1.41. The van der Waals surface area contributed by atoms with E-state index in [-0.39, 0.29) is 5.78 Å². The SMILES string of the molecule is CCCCOc1ccc(OP(O)(=S)Oc2cccc3c2CCC3=O)cc1. The van der Waals surface area contributed by atoms with E-state index in [4.69, 9.17) is 25.6 Å². The average molecular weight is 392 g/mol. The lowest BCUT2D eigenvalue weighted by atomic mass is 10.1. The molecule has 7 heteroatoms. The summed E-state index contributed by atoms with van der Waals surface area (Å²) >= 11 is 5.13. The van der Waals surface area contributed by atoms with E-state index in [1.165, 1.54) is 0 Å². The van der Waals surface area contributed by atoms with Crippen molar-refractivity contribution in [2.24, 2.45) is 0 Å². The molecule has 2 aromatic carbocycles. The molecule has 0 heterocycles. The Hall–Kier alpha value is -1.88. The van der Waals surface area contributed by atoms with Crippen LogP contribution in [0.4, 0.5) is 0 Å². The van der Waals surface area contributed by atoms with Gasteiger partial charge < -0.3 is 18.7 Å². The largest absolute Gasteiger partial charge is 0.494 e. The molecule has 3 rings (SSSR count). The molecule has 1 aliphatic rings. The highest BCUT2D eigenvalue weighted by molar-refractivity contribution is 8.07. The summed E-state index contributed by atoms with van der Waals surface area (Å²) < 4.78 is 16.7. The Balaban J connectivity index is 1.66. The lowest BCUT2D eigenvalue weighted by Gasteiger charge is -2.19. The van der Waals surface area contributed by atoms with Gasteiger partial charge in [0, 0.05) is 29.4 Å². The first kappa shape index (κ1) is 18.9. The summed E-state index contributed by atoms with van der Waals surface area (Å²) in [5, 5.41) is 0. The fraction of sp³-hybridized carbons (Fsp3) is 0.316. The van der Waals surface area contributed by atoms with Crippen molar-refractivity contribution in [3.63, 3.8) is 0 Å². The van der Waals surface area contributed by atoms with E-state index in [1.807, 2.05) is 0 Å². The third-order valence-electron chi connectivity index (χ3n) is 4.06. The summed E-state index contributed by atoms with van der Waals surface area (Å²) in [6.45, 7) is -0.782. The van der Waals surface area contributed by atoms with E-state index in [0.717, 1.165) is 24.2 Å². The van der Waals surface area contributed by atoms with Crippen molar-refractivity contribution in [1.29, 1.82) is 0 Å². The Labute approximate surface area is 158 Å². The zero-order chi connectivity index (χ0) is 18.6. The Kier molecular flexibility index (Phi) is 5.97. The predicted molar refractivity (Wildman–Crippen MR) is 104 cm³/mol. The number of carbonyl (C=O) groups excluding carboxylic acids is 1. The van der Waals surface area contributed by atoms with Crippen LogP contribution in [0.2, 0.25) is 0 Å². The predicted octanol–water partition coefficient (Wildman–Crippen LogP) is 4.67. The van der Waals surface area contributed by atoms with Crippen LogP contribution >= 0.6 is 6.72 Å². The molecule has 0 radical (unpaired) electrons. The molecule has 26 heavy (non-hydrogen) atoms. The van der Waals surface area contributed by atoms with Crippen molar-refractivity contribution in [2.45, 2.75) is 32.6 Å². The Morgan fingerprint density at radius 3 is 2.54 bits per heavy atom. The maximum Gasteiger partial charge on any atom is 0.432 e. The molecular weight excluding hydrogens is 371 g/mol. The fourth-order valence-electron chi connectivity index (χ4n) is 2.75. The van der Waals surface area contributed by atoms with Crippen molar-refractivity contribution in [3.8, 4) is 17.2 Å². The highest BCUT2D eigenvalue weighted by Gasteiger charge is 2.26. The van der Waals surface area contributed by atoms with Crippen molar-refractivity contribution in [3.05, 3.63) is 53.6 Å². The van der Waals surface area contributed by atoms with E-state index >= 15 is 0 Å². The molecule has 1 aliphatic carbocycles. The summed E-state index contributed by atoms with van der Waals surface area (Å²) in [4.78, 5) is 22.2. The van der Waals surface area contributed by atoms with Gasteiger partial charge in [0.05, 0.1) is 6.61 Å². The van der Waals surface area contributed by atoms with Gasteiger partial charge in [0.25, 0.3) is 0 Å². The normalized spacial score (nSPS) is 15.2. The Morgan fingerprint density at radius 2 is 1.81 bits per heavy atom. The van der Waals surface area contributed by atoms with Crippen LogP contribution < -0.4 is 13.8 Å². The summed E-state index contributed by atoms with van der Waals surface area (Å²) in [5.74, 6) is 1.63. The molecule has 0 bridgehead atoms. The van der Waals surface area contributed by atoms with Crippen LogP contribution in [0.3, 0.4) is 0 Å². The first-order valence-corrected chi connectivity index (χ1v) is 11.2.